The Balaban J connectivity index is 1.88. The number of ether oxygens (including phenoxy) is 1. The molecular formula is C21H25FN2O5S. The van der Waals surface area contributed by atoms with E-state index in [-0.39, 0.29) is 35.4 Å². The van der Waals surface area contributed by atoms with Gasteiger partial charge in [0.25, 0.3) is 0 Å². The molecule has 0 aliphatic heterocycles. The molecule has 0 aromatic heterocycles. The van der Waals surface area contributed by atoms with Gasteiger partial charge in [0.15, 0.2) is 5.78 Å². The van der Waals surface area contributed by atoms with Crippen LogP contribution in [0.2, 0.25) is 0 Å². The fraction of sp³-hybridized carbons (Fsp3) is 0.333. The first-order valence-corrected chi connectivity index (χ1v) is 10.8. The number of hydrogen-bond donors (Lipinski definition) is 2. The lowest BCUT2D eigenvalue weighted by atomic mass is 10.0. The van der Waals surface area contributed by atoms with E-state index in [1.165, 1.54) is 50.4 Å². The lowest BCUT2D eigenvalue weighted by Crippen LogP contribution is -2.39. The summed E-state index contributed by atoms with van der Waals surface area (Å²) in [5.41, 5.74) is 1.12. The topological polar surface area (TPSA) is 102 Å². The first-order valence-electron chi connectivity index (χ1n) is 9.32. The monoisotopic (exact) mass is 436 g/mol. The molecule has 0 radical (unpaired) electrons. The lowest BCUT2D eigenvalue weighted by molar-refractivity contribution is -0.122. The molecule has 0 bridgehead atoms. The fourth-order valence-corrected chi connectivity index (χ4v) is 3.97. The summed E-state index contributed by atoms with van der Waals surface area (Å²) >= 11 is 0. The van der Waals surface area contributed by atoms with Crippen molar-refractivity contribution in [2.45, 2.75) is 37.3 Å². The molecule has 0 saturated carbocycles. The van der Waals surface area contributed by atoms with Gasteiger partial charge in [0, 0.05) is 25.6 Å². The number of benzene rings is 2. The van der Waals surface area contributed by atoms with Crippen molar-refractivity contribution in [2.24, 2.45) is 0 Å². The summed E-state index contributed by atoms with van der Waals surface area (Å²) < 4.78 is 45.5. The molecule has 0 aliphatic rings. The van der Waals surface area contributed by atoms with E-state index in [9.17, 15) is 22.4 Å². The normalized spacial score (nSPS) is 13.5. The van der Waals surface area contributed by atoms with Gasteiger partial charge in [-0.2, -0.15) is 0 Å². The van der Waals surface area contributed by atoms with Crippen molar-refractivity contribution in [3.63, 3.8) is 0 Å². The summed E-state index contributed by atoms with van der Waals surface area (Å²) in [6.07, 6.45) is -0.555. The second-order valence-electron chi connectivity index (χ2n) is 6.79. The minimum Gasteiger partial charge on any atom is -0.375 e. The van der Waals surface area contributed by atoms with Crippen LogP contribution in [0, 0.1) is 5.82 Å². The zero-order chi connectivity index (χ0) is 22.3. The molecule has 0 heterocycles. The number of amides is 1. The second kappa shape index (κ2) is 10.4. The van der Waals surface area contributed by atoms with E-state index in [1.807, 2.05) is 0 Å². The van der Waals surface area contributed by atoms with Crippen LogP contribution in [0.25, 0.3) is 0 Å². The maximum atomic E-state index is 13.1. The van der Waals surface area contributed by atoms with Crippen LogP contribution < -0.4 is 10.0 Å². The minimum atomic E-state index is -3.80. The lowest BCUT2D eigenvalue weighted by Gasteiger charge is -2.24. The van der Waals surface area contributed by atoms with E-state index >= 15 is 0 Å². The molecule has 0 aliphatic carbocycles. The molecule has 7 nitrogen and oxygen atoms in total. The summed E-state index contributed by atoms with van der Waals surface area (Å²) in [5.74, 6) is -0.887. The van der Waals surface area contributed by atoms with Gasteiger partial charge in [0.05, 0.1) is 10.9 Å². The van der Waals surface area contributed by atoms with Gasteiger partial charge >= 0.3 is 0 Å². The van der Waals surface area contributed by atoms with E-state index in [0.29, 0.717) is 11.1 Å². The van der Waals surface area contributed by atoms with Crippen LogP contribution in [0.3, 0.4) is 0 Å². The number of sulfonamides is 1. The molecule has 0 spiro atoms. The number of carbonyl (C=O) groups excluding carboxylic acids is 2. The van der Waals surface area contributed by atoms with Gasteiger partial charge < -0.3 is 10.1 Å². The number of carbonyl (C=O) groups is 2. The molecule has 2 aromatic rings. The maximum absolute atomic E-state index is 13.1. The van der Waals surface area contributed by atoms with Gasteiger partial charge in [-0.1, -0.05) is 24.3 Å². The molecule has 0 unspecified atom stereocenters. The molecule has 162 valence electrons. The Morgan fingerprint density at radius 3 is 2.20 bits per heavy atom. The predicted octanol–water partition coefficient (Wildman–Crippen LogP) is 2.59. The summed E-state index contributed by atoms with van der Waals surface area (Å²) in [6, 6.07) is 10.9. The van der Waals surface area contributed by atoms with E-state index in [2.05, 4.69) is 10.0 Å². The number of rotatable bonds is 10. The van der Waals surface area contributed by atoms with Crippen molar-refractivity contribution < 1.29 is 27.1 Å². The van der Waals surface area contributed by atoms with Crippen LogP contribution in [0.5, 0.6) is 0 Å². The summed E-state index contributed by atoms with van der Waals surface area (Å²) in [4.78, 5) is 23.5. The zero-order valence-electron chi connectivity index (χ0n) is 17.0. The molecule has 2 N–H and O–H groups in total. The Labute approximate surface area is 175 Å². The Morgan fingerprint density at radius 2 is 1.67 bits per heavy atom. The molecule has 0 saturated heterocycles. The second-order valence-corrected chi connectivity index (χ2v) is 8.56. The third kappa shape index (κ3) is 6.45. The Kier molecular flexibility index (Phi) is 8.22. The highest BCUT2D eigenvalue weighted by Crippen LogP contribution is 2.21. The summed E-state index contributed by atoms with van der Waals surface area (Å²) in [5, 5.41) is 2.76. The fourth-order valence-electron chi connectivity index (χ4n) is 2.93. The van der Waals surface area contributed by atoms with Crippen molar-refractivity contribution in [3.05, 3.63) is 65.5 Å². The van der Waals surface area contributed by atoms with Gasteiger partial charge in [0.1, 0.15) is 11.9 Å². The van der Waals surface area contributed by atoms with Gasteiger partial charge in [0.2, 0.25) is 15.9 Å². The average Bonchev–Trinajstić information content (AvgIpc) is 2.69. The SMILES string of the molecule is CO[C@H](c1ccc(F)cc1)[C@@H](C)NC(=O)CCNS(=O)(=O)c1ccc(C(C)=O)cc1. The highest BCUT2D eigenvalue weighted by atomic mass is 32.2. The van der Waals surface area contributed by atoms with Crippen LogP contribution in [0.15, 0.2) is 53.4 Å². The number of halogens is 1. The molecule has 9 heteroatoms. The Bertz CT molecular complexity index is 975. The molecule has 1 amide bonds. The average molecular weight is 437 g/mol. The van der Waals surface area contributed by atoms with Crippen LogP contribution >= 0.6 is 0 Å². The number of hydrogen-bond acceptors (Lipinski definition) is 5. The van der Waals surface area contributed by atoms with E-state index in [0.717, 1.165) is 0 Å². The van der Waals surface area contributed by atoms with Crippen LogP contribution in [-0.2, 0) is 19.6 Å². The van der Waals surface area contributed by atoms with Crippen molar-refractivity contribution in [2.75, 3.05) is 13.7 Å². The third-order valence-corrected chi connectivity index (χ3v) is 5.99. The Morgan fingerprint density at radius 1 is 1.07 bits per heavy atom. The van der Waals surface area contributed by atoms with Gasteiger partial charge in [-0.15, -0.1) is 0 Å². The third-order valence-electron chi connectivity index (χ3n) is 4.51. The quantitative estimate of drug-likeness (QED) is 0.558. The number of methoxy groups -OCH3 is 1. The van der Waals surface area contributed by atoms with Gasteiger partial charge in [-0.05, 0) is 43.7 Å². The minimum absolute atomic E-state index is 0.0111. The maximum Gasteiger partial charge on any atom is 0.240 e. The highest BCUT2D eigenvalue weighted by molar-refractivity contribution is 7.89. The highest BCUT2D eigenvalue weighted by Gasteiger charge is 2.21. The van der Waals surface area contributed by atoms with E-state index < -0.39 is 22.2 Å². The number of ketones is 1. The molecule has 30 heavy (non-hydrogen) atoms. The van der Waals surface area contributed by atoms with Crippen LogP contribution in [-0.4, -0.2) is 39.8 Å². The van der Waals surface area contributed by atoms with Crippen molar-refractivity contribution >= 4 is 21.7 Å². The largest absolute Gasteiger partial charge is 0.375 e. The molecule has 2 aromatic carbocycles. The number of Topliss-reactive ketones (excluding diaryl/α,β-unsaturated/α-hetero) is 1. The first-order chi connectivity index (χ1) is 14.1. The van der Waals surface area contributed by atoms with Crippen molar-refractivity contribution in [1.29, 1.82) is 0 Å². The van der Waals surface area contributed by atoms with Crippen LogP contribution in [0.1, 0.15) is 42.3 Å². The van der Waals surface area contributed by atoms with Crippen molar-refractivity contribution in [3.8, 4) is 0 Å². The first kappa shape index (κ1) is 23.7. The van der Waals surface area contributed by atoms with E-state index in [4.69, 9.17) is 4.74 Å². The summed E-state index contributed by atoms with van der Waals surface area (Å²) in [6.45, 7) is 3.05. The van der Waals surface area contributed by atoms with Crippen LogP contribution in [0.4, 0.5) is 4.39 Å². The Hall–Kier alpha value is -2.62. The molecular weight excluding hydrogens is 411 g/mol. The molecule has 2 atom stereocenters. The smallest absolute Gasteiger partial charge is 0.240 e. The van der Waals surface area contributed by atoms with Gasteiger partial charge in [-0.25, -0.2) is 17.5 Å². The standard InChI is InChI=1S/C21H25FN2O5S/c1-14(21(29-3)17-4-8-18(22)9-5-17)24-20(26)12-13-23-30(27,28)19-10-6-16(7-11-19)15(2)25/h4-11,14,21,23H,12-13H2,1-3H3,(H,24,26)/t14-,21+/m1/s1. The van der Waals surface area contributed by atoms with E-state index in [1.54, 1.807) is 19.1 Å². The summed E-state index contributed by atoms with van der Waals surface area (Å²) in [7, 11) is -2.31. The molecule has 2 rings (SSSR count). The van der Waals surface area contributed by atoms with Gasteiger partial charge in [-0.3, -0.25) is 9.59 Å². The number of nitrogens with one attached hydrogen (secondary N) is 2. The zero-order valence-corrected chi connectivity index (χ0v) is 17.8. The van der Waals surface area contributed by atoms with Crippen molar-refractivity contribution in [1.82, 2.24) is 10.0 Å². The predicted molar refractivity (Wildman–Crippen MR) is 110 cm³/mol. The molecule has 0 fully saturated rings.